The number of hydrogen-bond acceptors (Lipinski definition) is 1. The molecule has 0 unspecified atom stereocenters. The summed E-state index contributed by atoms with van der Waals surface area (Å²) in [5, 5.41) is 3.48. The molecule has 0 spiro atoms. The molecule has 0 amide bonds. The Kier molecular flexibility index (Phi) is 4.64. The molecule has 0 saturated carbocycles. The van der Waals surface area contributed by atoms with Gasteiger partial charge in [-0.1, -0.05) is 0 Å². The van der Waals surface area contributed by atoms with Gasteiger partial charge in [0.25, 0.3) is 0 Å². The van der Waals surface area contributed by atoms with Crippen LogP contribution in [-0.2, 0) is 0 Å². The number of benzene rings is 2. The first kappa shape index (κ1) is 16.3. The van der Waals surface area contributed by atoms with E-state index in [1.807, 2.05) is 0 Å². The third-order valence-electron chi connectivity index (χ3n) is 3.41. The van der Waals surface area contributed by atoms with Gasteiger partial charge in [-0.25, -0.2) is 20.1 Å². The van der Waals surface area contributed by atoms with E-state index in [9.17, 15) is 0 Å². The molecule has 1 N–H and O–H groups in total. The van der Waals surface area contributed by atoms with Gasteiger partial charge in [0.2, 0.25) is 0 Å². The Labute approximate surface area is 132 Å². The zero-order chi connectivity index (χ0) is 15.7. The summed E-state index contributed by atoms with van der Waals surface area (Å²) in [5.41, 5.74) is 2.30. The second-order valence-electron chi connectivity index (χ2n) is 6.85. The normalized spacial score (nSPS) is 13.8. The number of rotatable bonds is 4. The van der Waals surface area contributed by atoms with Crippen LogP contribution in [0.15, 0.2) is 58.3 Å². The van der Waals surface area contributed by atoms with E-state index in [2.05, 4.69) is 91.4 Å². The third-order valence-corrected chi connectivity index (χ3v) is 6.78. The van der Waals surface area contributed by atoms with Gasteiger partial charge in [0.15, 0.2) is 0 Å². The van der Waals surface area contributed by atoms with Crippen molar-refractivity contribution in [3.63, 3.8) is 0 Å². The first-order chi connectivity index (χ1) is 9.66. The molecule has 0 heterocycles. The molecule has 0 bridgehead atoms. The van der Waals surface area contributed by atoms with Crippen molar-refractivity contribution in [1.82, 2.24) is 0 Å². The minimum absolute atomic E-state index is 0.639. The maximum absolute atomic E-state index is 3.48. The molecule has 2 rings (SSSR count). The quantitative estimate of drug-likeness (QED) is 0.780. The van der Waals surface area contributed by atoms with Gasteiger partial charge in [0.05, 0.1) is 0 Å². The Bertz CT molecular complexity index is 532. The molecule has 2 aromatic rings. The lowest BCUT2D eigenvalue weighted by Crippen LogP contribution is -1.95. The van der Waals surface area contributed by atoms with E-state index in [1.54, 1.807) is 0 Å². The van der Waals surface area contributed by atoms with Crippen molar-refractivity contribution < 1.29 is 0 Å². The van der Waals surface area contributed by atoms with Gasteiger partial charge in [0, 0.05) is 11.4 Å². The van der Waals surface area contributed by atoms with Gasteiger partial charge < -0.3 is 5.32 Å². The largest absolute Gasteiger partial charge is 0.356 e. The fourth-order valence-electron chi connectivity index (χ4n) is 2.06. The van der Waals surface area contributed by atoms with Crippen LogP contribution in [0.1, 0.15) is 0 Å². The summed E-state index contributed by atoms with van der Waals surface area (Å²) >= 11 is 0. The van der Waals surface area contributed by atoms with Crippen LogP contribution in [0.3, 0.4) is 0 Å². The van der Waals surface area contributed by atoms with Crippen LogP contribution in [0.5, 0.6) is 0 Å². The molecule has 0 fully saturated rings. The average Bonchev–Trinajstić information content (AvgIpc) is 2.38. The van der Waals surface area contributed by atoms with E-state index in [-0.39, 0.29) is 0 Å². The summed E-state index contributed by atoms with van der Waals surface area (Å²) in [6.45, 7) is 0. The van der Waals surface area contributed by atoms with Crippen LogP contribution in [0.4, 0.5) is 11.4 Å². The van der Waals surface area contributed by atoms with Crippen molar-refractivity contribution in [3.8, 4) is 0 Å². The summed E-state index contributed by atoms with van der Waals surface area (Å²) < 4.78 is 0. The smallest absolute Gasteiger partial charge is 0.0384 e. The number of nitrogens with one attached hydrogen (secondary N) is 1. The Morgan fingerprint density at radius 2 is 0.810 bits per heavy atom. The molecule has 0 atom stereocenters. The fraction of sp³-hybridized carbons (Fsp3) is 0.333. The predicted molar refractivity (Wildman–Crippen MR) is 103 cm³/mol. The number of hydrogen-bond donors (Lipinski definition) is 1. The highest BCUT2D eigenvalue weighted by Gasteiger charge is 2.08. The monoisotopic (exact) mass is 321 g/mol. The molecule has 0 aliphatic heterocycles. The molecule has 0 saturated heterocycles. The van der Waals surface area contributed by atoms with Gasteiger partial charge >= 0.3 is 0 Å². The van der Waals surface area contributed by atoms with E-state index in [4.69, 9.17) is 0 Å². The van der Waals surface area contributed by atoms with Crippen LogP contribution >= 0.6 is 20.1 Å². The molecule has 2 aromatic carbocycles. The SMILES string of the molecule is CS(C)(C)c1ccc(Nc2ccc(S(C)(C)C)cc2)cc1. The van der Waals surface area contributed by atoms with Gasteiger partial charge in [-0.05, 0) is 95.9 Å². The standard InChI is InChI=1S/C18H27NS2/c1-20(2,3)17-11-7-15(8-12-17)19-16-9-13-18(14-10-16)21(4,5)6/h7-14,19H,1-6H3. The highest BCUT2D eigenvalue weighted by molar-refractivity contribution is 8.32. The van der Waals surface area contributed by atoms with E-state index in [0.717, 1.165) is 11.4 Å². The zero-order valence-corrected chi connectivity index (χ0v) is 15.6. The minimum Gasteiger partial charge on any atom is -0.356 e. The van der Waals surface area contributed by atoms with Gasteiger partial charge in [-0.2, -0.15) is 0 Å². The molecule has 3 heteroatoms. The Balaban J connectivity index is 2.12. The summed E-state index contributed by atoms with van der Waals surface area (Å²) in [4.78, 5) is 2.89. The second kappa shape index (κ2) is 5.98. The van der Waals surface area contributed by atoms with E-state index < -0.39 is 20.1 Å². The van der Waals surface area contributed by atoms with Crippen molar-refractivity contribution in [2.24, 2.45) is 0 Å². The molecule has 0 radical (unpaired) electrons. The van der Waals surface area contributed by atoms with Crippen LogP contribution in [0, 0.1) is 0 Å². The summed E-state index contributed by atoms with van der Waals surface area (Å²) in [6.07, 6.45) is 13.9. The van der Waals surface area contributed by atoms with Crippen LogP contribution in [0.25, 0.3) is 0 Å². The lowest BCUT2D eigenvalue weighted by molar-refractivity contribution is 1.40. The average molecular weight is 322 g/mol. The first-order valence-electron chi connectivity index (χ1n) is 7.00. The summed E-state index contributed by atoms with van der Waals surface area (Å²) in [6, 6.07) is 17.7. The maximum Gasteiger partial charge on any atom is 0.0384 e. The molecule has 0 aliphatic rings. The van der Waals surface area contributed by atoms with Gasteiger partial charge in [-0.15, -0.1) is 0 Å². The Morgan fingerprint density at radius 3 is 1.05 bits per heavy atom. The van der Waals surface area contributed by atoms with Crippen LogP contribution in [0.2, 0.25) is 0 Å². The van der Waals surface area contributed by atoms with Gasteiger partial charge in [-0.3, -0.25) is 0 Å². The van der Waals surface area contributed by atoms with Crippen LogP contribution < -0.4 is 5.32 Å². The number of anilines is 2. The molecular formula is C18H27NS2. The maximum atomic E-state index is 3.48. The molecule has 21 heavy (non-hydrogen) atoms. The van der Waals surface area contributed by atoms with Crippen molar-refractivity contribution in [2.45, 2.75) is 9.79 Å². The lowest BCUT2D eigenvalue weighted by Gasteiger charge is -2.26. The predicted octanol–water partition coefficient (Wildman–Crippen LogP) is 5.54. The Hall–Kier alpha value is -1.06. The summed E-state index contributed by atoms with van der Waals surface area (Å²) in [5.74, 6) is 0. The third kappa shape index (κ3) is 4.45. The molecule has 0 aromatic heterocycles. The molecule has 116 valence electrons. The Morgan fingerprint density at radius 1 is 0.524 bits per heavy atom. The lowest BCUT2D eigenvalue weighted by atomic mass is 10.3. The van der Waals surface area contributed by atoms with Crippen molar-refractivity contribution in [2.75, 3.05) is 42.9 Å². The summed E-state index contributed by atoms with van der Waals surface area (Å²) in [7, 11) is -1.28. The van der Waals surface area contributed by atoms with Gasteiger partial charge in [0.1, 0.15) is 0 Å². The van der Waals surface area contributed by atoms with E-state index in [0.29, 0.717) is 0 Å². The molecule has 0 aliphatic carbocycles. The highest BCUT2D eigenvalue weighted by Crippen LogP contribution is 2.46. The molecule has 1 nitrogen and oxygen atoms in total. The van der Waals surface area contributed by atoms with E-state index >= 15 is 0 Å². The second-order valence-corrected chi connectivity index (χ2v) is 15.1. The van der Waals surface area contributed by atoms with Crippen molar-refractivity contribution >= 4 is 31.4 Å². The first-order valence-corrected chi connectivity index (χ1v) is 12.7. The highest BCUT2D eigenvalue weighted by atomic mass is 32.3. The zero-order valence-electron chi connectivity index (χ0n) is 13.9. The van der Waals surface area contributed by atoms with E-state index in [1.165, 1.54) is 9.79 Å². The fourth-order valence-corrected chi connectivity index (χ4v) is 3.96. The van der Waals surface area contributed by atoms with Crippen molar-refractivity contribution in [3.05, 3.63) is 48.5 Å². The molecular weight excluding hydrogens is 294 g/mol. The van der Waals surface area contributed by atoms with Crippen LogP contribution in [-0.4, -0.2) is 37.5 Å². The van der Waals surface area contributed by atoms with Crippen molar-refractivity contribution in [1.29, 1.82) is 0 Å². The topological polar surface area (TPSA) is 12.0 Å². The minimum atomic E-state index is -0.639.